The lowest BCUT2D eigenvalue weighted by Gasteiger charge is -2.20. The monoisotopic (exact) mass is 279 g/mol. The van der Waals surface area contributed by atoms with Gasteiger partial charge in [0.2, 0.25) is 0 Å². The largest absolute Gasteiger partial charge is 0.478 e. The number of hydrogen-bond acceptors (Lipinski definition) is 2. The van der Waals surface area contributed by atoms with Crippen molar-refractivity contribution in [2.75, 3.05) is 13.1 Å². The van der Waals surface area contributed by atoms with Gasteiger partial charge in [0, 0.05) is 19.2 Å². The first kappa shape index (κ1) is 15.9. The summed E-state index contributed by atoms with van der Waals surface area (Å²) in [6.07, 6.45) is 3.07. The van der Waals surface area contributed by atoms with Crippen LogP contribution in [0.25, 0.3) is 6.08 Å². The summed E-state index contributed by atoms with van der Waals surface area (Å²) >= 11 is 0. The van der Waals surface area contributed by atoms with Crippen LogP contribution in [0.15, 0.2) is 24.3 Å². The van der Waals surface area contributed by atoms with Crippen LogP contribution in [-0.2, 0) is 4.79 Å². The van der Waals surface area contributed by atoms with E-state index in [0.29, 0.717) is 18.7 Å². The second-order valence-electron chi connectivity index (χ2n) is 4.30. The molecule has 0 bridgehead atoms. The van der Waals surface area contributed by atoms with Crippen molar-refractivity contribution >= 4 is 18.0 Å². The number of amides is 1. The molecule has 1 rings (SSSR count). The van der Waals surface area contributed by atoms with Crippen molar-refractivity contribution in [2.24, 2.45) is 0 Å². The number of aliphatic carboxylic acids is 1. The maximum atomic E-state index is 13.8. The molecular weight excluding hydrogens is 261 g/mol. The van der Waals surface area contributed by atoms with Crippen molar-refractivity contribution in [2.45, 2.75) is 20.3 Å². The first-order chi connectivity index (χ1) is 9.49. The molecule has 0 atom stereocenters. The number of carboxylic acid groups (broad SMARTS) is 1. The lowest BCUT2D eigenvalue weighted by molar-refractivity contribution is -0.131. The van der Waals surface area contributed by atoms with E-state index in [2.05, 4.69) is 0 Å². The number of nitrogens with zero attached hydrogens (tertiary/aromatic N) is 1. The van der Waals surface area contributed by atoms with Gasteiger partial charge in [-0.3, -0.25) is 4.79 Å². The summed E-state index contributed by atoms with van der Waals surface area (Å²) in [4.78, 5) is 24.2. The summed E-state index contributed by atoms with van der Waals surface area (Å²) in [5.74, 6) is -2.07. The van der Waals surface area contributed by atoms with Crippen LogP contribution in [-0.4, -0.2) is 35.0 Å². The lowest BCUT2D eigenvalue weighted by atomic mass is 10.1. The van der Waals surface area contributed by atoms with Gasteiger partial charge in [-0.25, -0.2) is 9.18 Å². The van der Waals surface area contributed by atoms with Gasteiger partial charge in [-0.1, -0.05) is 13.0 Å². The first-order valence-electron chi connectivity index (χ1n) is 6.49. The molecule has 0 unspecified atom stereocenters. The van der Waals surface area contributed by atoms with Gasteiger partial charge in [0.25, 0.3) is 5.91 Å². The average Bonchev–Trinajstić information content (AvgIpc) is 2.43. The quantitative estimate of drug-likeness (QED) is 0.815. The number of carbonyl (C=O) groups excluding carboxylic acids is 1. The molecule has 0 heterocycles. The smallest absolute Gasteiger partial charge is 0.328 e. The second kappa shape index (κ2) is 7.43. The Hall–Kier alpha value is -2.17. The molecule has 0 aromatic heterocycles. The minimum absolute atomic E-state index is 0.0344. The third-order valence-electron chi connectivity index (χ3n) is 2.80. The van der Waals surface area contributed by atoms with Crippen molar-refractivity contribution in [1.29, 1.82) is 0 Å². The predicted molar refractivity (Wildman–Crippen MR) is 74.9 cm³/mol. The third-order valence-corrected chi connectivity index (χ3v) is 2.80. The Balaban J connectivity index is 3.07. The molecule has 0 saturated heterocycles. The van der Waals surface area contributed by atoms with Crippen LogP contribution in [0.1, 0.15) is 36.2 Å². The Kier molecular flexibility index (Phi) is 5.90. The van der Waals surface area contributed by atoms with Crippen molar-refractivity contribution in [3.05, 3.63) is 41.2 Å². The summed E-state index contributed by atoms with van der Waals surface area (Å²) in [5.41, 5.74) is 0.442. The van der Waals surface area contributed by atoms with Gasteiger partial charge in [0.15, 0.2) is 0 Å². The summed E-state index contributed by atoms with van der Waals surface area (Å²) in [6.45, 7) is 4.84. The minimum Gasteiger partial charge on any atom is -0.478 e. The number of rotatable bonds is 6. The Morgan fingerprint density at radius 1 is 1.35 bits per heavy atom. The van der Waals surface area contributed by atoms with Crippen LogP contribution >= 0.6 is 0 Å². The highest BCUT2D eigenvalue weighted by Crippen LogP contribution is 2.15. The van der Waals surface area contributed by atoms with Gasteiger partial charge in [-0.05, 0) is 37.1 Å². The molecule has 5 heteroatoms. The highest BCUT2D eigenvalue weighted by Gasteiger charge is 2.17. The highest BCUT2D eigenvalue weighted by atomic mass is 19.1. The normalized spacial score (nSPS) is 10.8. The van der Waals surface area contributed by atoms with Crippen molar-refractivity contribution in [3.63, 3.8) is 0 Å². The molecule has 1 amide bonds. The van der Waals surface area contributed by atoms with Gasteiger partial charge in [-0.15, -0.1) is 0 Å². The minimum atomic E-state index is -1.09. The summed E-state index contributed by atoms with van der Waals surface area (Å²) in [5, 5.41) is 8.57. The van der Waals surface area contributed by atoms with Crippen LogP contribution in [0.3, 0.4) is 0 Å². The fourth-order valence-electron chi connectivity index (χ4n) is 1.82. The fraction of sp³-hybridized carbons (Fsp3) is 0.333. The van der Waals surface area contributed by atoms with Gasteiger partial charge in [0.05, 0.1) is 5.56 Å². The first-order valence-corrected chi connectivity index (χ1v) is 6.49. The van der Waals surface area contributed by atoms with Gasteiger partial charge in [0.1, 0.15) is 5.82 Å². The van der Waals surface area contributed by atoms with Crippen molar-refractivity contribution in [3.8, 4) is 0 Å². The zero-order chi connectivity index (χ0) is 15.1. The van der Waals surface area contributed by atoms with Crippen LogP contribution in [0.5, 0.6) is 0 Å². The van der Waals surface area contributed by atoms with E-state index in [-0.39, 0.29) is 11.5 Å². The number of carbonyl (C=O) groups is 2. The van der Waals surface area contributed by atoms with Gasteiger partial charge < -0.3 is 10.0 Å². The Bertz CT molecular complexity index is 526. The Labute approximate surface area is 117 Å². The molecule has 20 heavy (non-hydrogen) atoms. The molecule has 1 N–H and O–H groups in total. The van der Waals surface area contributed by atoms with Crippen molar-refractivity contribution in [1.82, 2.24) is 4.90 Å². The second-order valence-corrected chi connectivity index (χ2v) is 4.30. The fourth-order valence-corrected chi connectivity index (χ4v) is 1.82. The third kappa shape index (κ3) is 4.19. The van der Waals surface area contributed by atoms with E-state index in [9.17, 15) is 14.0 Å². The lowest BCUT2D eigenvalue weighted by Crippen LogP contribution is -2.32. The predicted octanol–water partition coefficient (Wildman–Crippen LogP) is 2.80. The van der Waals surface area contributed by atoms with E-state index >= 15 is 0 Å². The molecule has 0 spiro atoms. The molecule has 0 aliphatic heterocycles. The molecular formula is C15H18FNO3. The van der Waals surface area contributed by atoms with Gasteiger partial charge in [-0.2, -0.15) is 0 Å². The van der Waals surface area contributed by atoms with E-state index in [1.165, 1.54) is 24.3 Å². The number of benzene rings is 1. The van der Waals surface area contributed by atoms with E-state index in [0.717, 1.165) is 12.5 Å². The van der Waals surface area contributed by atoms with E-state index in [1.807, 2.05) is 13.8 Å². The molecule has 0 aliphatic rings. The van der Waals surface area contributed by atoms with E-state index < -0.39 is 11.8 Å². The Morgan fingerprint density at radius 2 is 2.05 bits per heavy atom. The maximum absolute atomic E-state index is 13.8. The molecule has 1 aromatic rings. The summed E-state index contributed by atoms with van der Waals surface area (Å²) < 4.78 is 13.8. The molecule has 0 radical (unpaired) electrons. The molecule has 0 fully saturated rings. The van der Waals surface area contributed by atoms with Crippen molar-refractivity contribution < 1.29 is 19.1 Å². The maximum Gasteiger partial charge on any atom is 0.328 e. The zero-order valence-electron chi connectivity index (χ0n) is 11.6. The van der Waals surface area contributed by atoms with Crippen LogP contribution in [0, 0.1) is 5.82 Å². The topological polar surface area (TPSA) is 57.6 Å². The SMILES string of the molecule is CCCN(CC)C(=O)c1cc(C=CC(=O)O)ccc1F. The number of carboxylic acids is 1. The average molecular weight is 279 g/mol. The van der Waals surface area contributed by atoms with Crippen LogP contribution in [0.2, 0.25) is 0 Å². The standard InChI is InChI=1S/C15H18FNO3/c1-3-9-17(4-2)15(20)12-10-11(5-7-13(12)16)6-8-14(18)19/h5-8,10H,3-4,9H2,1-2H3,(H,18,19). The van der Waals surface area contributed by atoms with Gasteiger partial charge >= 0.3 is 5.97 Å². The molecule has 0 aliphatic carbocycles. The number of hydrogen-bond donors (Lipinski definition) is 1. The summed E-state index contributed by atoms with van der Waals surface area (Å²) in [6, 6.07) is 3.98. The van der Waals surface area contributed by atoms with Crippen LogP contribution in [0.4, 0.5) is 4.39 Å². The highest BCUT2D eigenvalue weighted by molar-refractivity contribution is 5.95. The Morgan fingerprint density at radius 3 is 2.60 bits per heavy atom. The molecule has 1 aromatic carbocycles. The molecule has 108 valence electrons. The van der Waals surface area contributed by atoms with E-state index in [4.69, 9.17) is 5.11 Å². The van der Waals surface area contributed by atoms with E-state index in [1.54, 1.807) is 4.90 Å². The van der Waals surface area contributed by atoms with Crippen LogP contribution < -0.4 is 0 Å². The summed E-state index contributed by atoms with van der Waals surface area (Å²) in [7, 11) is 0. The number of halogens is 1. The zero-order valence-corrected chi connectivity index (χ0v) is 11.6. The molecule has 4 nitrogen and oxygen atoms in total. The molecule has 0 saturated carbocycles.